The van der Waals surface area contributed by atoms with Crippen LogP contribution in [0.15, 0.2) is 53.2 Å². The fraction of sp³-hybridized carbons (Fsp3) is 0.0714. The van der Waals surface area contributed by atoms with E-state index in [4.69, 9.17) is 16.4 Å². The molecule has 0 spiro atoms. The first-order valence-corrected chi connectivity index (χ1v) is 5.89. The van der Waals surface area contributed by atoms with Crippen LogP contribution in [0.1, 0.15) is 17.3 Å². The first-order chi connectivity index (χ1) is 9.06. The molecule has 1 aliphatic carbocycles. The van der Waals surface area contributed by atoms with Gasteiger partial charge in [0.1, 0.15) is 5.71 Å². The van der Waals surface area contributed by atoms with E-state index < -0.39 is 5.97 Å². The summed E-state index contributed by atoms with van der Waals surface area (Å²) >= 11 is 5.77. The third-order valence-electron chi connectivity index (χ3n) is 2.45. The molecule has 0 unspecified atom stereocenters. The van der Waals surface area contributed by atoms with Crippen LogP contribution in [0, 0.1) is 0 Å². The lowest BCUT2D eigenvalue weighted by Crippen LogP contribution is -2.07. The minimum atomic E-state index is -0.605. The van der Waals surface area contributed by atoms with Crippen LogP contribution in [0.4, 0.5) is 0 Å². The molecule has 1 aliphatic rings. The molecule has 0 saturated carbocycles. The summed E-state index contributed by atoms with van der Waals surface area (Å²) < 4.78 is 0. The van der Waals surface area contributed by atoms with Crippen LogP contribution in [0.25, 0.3) is 0 Å². The SMILES string of the molecule is CC1=C/C(=N\OC(=O)c2cccc(Cl)c2)C=CC1=O. The van der Waals surface area contributed by atoms with E-state index in [0.29, 0.717) is 21.9 Å². The van der Waals surface area contributed by atoms with Gasteiger partial charge in [0.2, 0.25) is 0 Å². The average molecular weight is 276 g/mol. The fourth-order valence-electron chi connectivity index (χ4n) is 1.45. The highest BCUT2D eigenvalue weighted by Gasteiger charge is 2.10. The largest absolute Gasteiger partial charge is 0.365 e. The van der Waals surface area contributed by atoms with Crippen LogP contribution < -0.4 is 0 Å². The van der Waals surface area contributed by atoms with Gasteiger partial charge >= 0.3 is 5.97 Å². The first-order valence-electron chi connectivity index (χ1n) is 5.52. The molecule has 96 valence electrons. The molecule has 0 heterocycles. The van der Waals surface area contributed by atoms with Gasteiger partial charge in [-0.1, -0.05) is 22.8 Å². The van der Waals surface area contributed by atoms with Crippen molar-refractivity contribution < 1.29 is 14.4 Å². The van der Waals surface area contributed by atoms with Crippen molar-refractivity contribution in [3.63, 3.8) is 0 Å². The Morgan fingerprint density at radius 3 is 2.79 bits per heavy atom. The lowest BCUT2D eigenvalue weighted by molar-refractivity contribution is -0.111. The minimum Gasteiger partial charge on any atom is -0.312 e. The second-order valence-electron chi connectivity index (χ2n) is 3.93. The molecule has 0 amide bonds. The van der Waals surface area contributed by atoms with Crippen molar-refractivity contribution in [3.8, 4) is 0 Å². The topological polar surface area (TPSA) is 55.7 Å². The Balaban J connectivity index is 2.09. The van der Waals surface area contributed by atoms with Crippen LogP contribution in [-0.4, -0.2) is 17.5 Å². The monoisotopic (exact) mass is 275 g/mol. The number of allylic oxidation sites excluding steroid dienone is 4. The standard InChI is InChI=1S/C14H10ClNO3/c1-9-7-12(5-6-13(9)17)16-19-14(18)10-3-2-4-11(15)8-10/h2-8H,1H3/b16-12-. The zero-order valence-corrected chi connectivity index (χ0v) is 10.8. The normalized spacial score (nSPS) is 16.4. The van der Waals surface area contributed by atoms with Gasteiger partial charge in [0.15, 0.2) is 5.78 Å². The summed E-state index contributed by atoms with van der Waals surface area (Å²) in [6.45, 7) is 1.67. The number of benzene rings is 1. The zero-order chi connectivity index (χ0) is 13.8. The van der Waals surface area contributed by atoms with Crippen molar-refractivity contribution >= 4 is 29.1 Å². The molecule has 0 N–H and O–H groups in total. The fourth-order valence-corrected chi connectivity index (χ4v) is 1.64. The van der Waals surface area contributed by atoms with Crippen LogP contribution in [0.5, 0.6) is 0 Å². The maximum Gasteiger partial charge on any atom is 0.365 e. The van der Waals surface area contributed by atoms with Gasteiger partial charge in [-0.2, -0.15) is 0 Å². The Hall–Kier alpha value is -2.20. The van der Waals surface area contributed by atoms with Crippen LogP contribution in [0.2, 0.25) is 5.02 Å². The number of oxime groups is 1. The number of carbonyl (C=O) groups is 2. The smallest absolute Gasteiger partial charge is 0.312 e. The summed E-state index contributed by atoms with van der Waals surface area (Å²) in [5, 5.41) is 4.13. The molecule has 5 heteroatoms. The maximum absolute atomic E-state index is 11.7. The summed E-state index contributed by atoms with van der Waals surface area (Å²) in [5.74, 6) is -0.688. The zero-order valence-electron chi connectivity index (χ0n) is 10.1. The van der Waals surface area contributed by atoms with Crippen molar-refractivity contribution in [2.24, 2.45) is 5.16 Å². The van der Waals surface area contributed by atoms with E-state index in [1.165, 1.54) is 18.2 Å². The predicted octanol–water partition coefficient (Wildman–Crippen LogP) is 2.94. The molecule has 0 saturated heterocycles. The summed E-state index contributed by atoms with van der Waals surface area (Å²) in [7, 11) is 0. The Morgan fingerprint density at radius 2 is 2.11 bits per heavy atom. The van der Waals surface area contributed by atoms with Crippen LogP contribution in [0.3, 0.4) is 0 Å². The van der Waals surface area contributed by atoms with E-state index in [1.54, 1.807) is 31.2 Å². The molecule has 2 rings (SSSR count). The Kier molecular flexibility index (Phi) is 3.92. The first kappa shape index (κ1) is 13.2. The summed E-state index contributed by atoms with van der Waals surface area (Å²) in [6, 6.07) is 6.38. The Bertz CT molecular complexity index is 629. The summed E-state index contributed by atoms with van der Waals surface area (Å²) in [6.07, 6.45) is 4.41. The quantitative estimate of drug-likeness (QED) is 0.474. The number of hydrogen-bond acceptors (Lipinski definition) is 4. The number of hydrogen-bond donors (Lipinski definition) is 0. The van der Waals surface area contributed by atoms with Gasteiger partial charge in [0.05, 0.1) is 5.56 Å². The molecule has 19 heavy (non-hydrogen) atoms. The van der Waals surface area contributed by atoms with Crippen molar-refractivity contribution in [2.75, 3.05) is 0 Å². The third kappa shape index (κ3) is 3.39. The minimum absolute atomic E-state index is 0.0832. The van der Waals surface area contributed by atoms with Crippen molar-refractivity contribution in [2.45, 2.75) is 6.92 Å². The molecule has 1 aromatic rings. The number of halogens is 1. The number of ketones is 1. The average Bonchev–Trinajstić information content (AvgIpc) is 2.40. The molecular formula is C14H10ClNO3. The summed E-state index contributed by atoms with van der Waals surface area (Å²) in [5.41, 5.74) is 1.26. The third-order valence-corrected chi connectivity index (χ3v) is 2.69. The molecule has 1 aromatic carbocycles. The van der Waals surface area contributed by atoms with Crippen molar-refractivity contribution in [1.29, 1.82) is 0 Å². The molecule has 0 aromatic heterocycles. The van der Waals surface area contributed by atoms with Gasteiger partial charge < -0.3 is 4.84 Å². The van der Waals surface area contributed by atoms with Gasteiger partial charge in [-0.3, -0.25) is 4.79 Å². The van der Waals surface area contributed by atoms with Gasteiger partial charge in [-0.05, 0) is 48.9 Å². The highest BCUT2D eigenvalue weighted by Crippen LogP contribution is 2.12. The molecular weight excluding hydrogens is 266 g/mol. The van der Waals surface area contributed by atoms with E-state index in [-0.39, 0.29) is 5.78 Å². The molecule has 0 fully saturated rings. The highest BCUT2D eigenvalue weighted by molar-refractivity contribution is 6.30. The predicted molar refractivity (Wildman–Crippen MR) is 72.2 cm³/mol. The van der Waals surface area contributed by atoms with Crippen molar-refractivity contribution in [1.82, 2.24) is 0 Å². The summed E-state index contributed by atoms with van der Waals surface area (Å²) in [4.78, 5) is 27.7. The van der Waals surface area contributed by atoms with Gasteiger partial charge in [0.25, 0.3) is 0 Å². The molecule has 4 nitrogen and oxygen atoms in total. The van der Waals surface area contributed by atoms with E-state index in [0.717, 1.165) is 0 Å². The Morgan fingerprint density at radius 1 is 1.32 bits per heavy atom. The number of carbonyl (C=O) groups excluding carboxylic acids is 2. The lowest BCUT2D eigenvalue weighted by atomic mass is 10.1. The van der Waals surface area contributed by atoms with E-state index in [2.05, 4.69) is 5.16 Å². The highest BCUT2D eigenvalue weighted by atomic mass is 35.5. The van der Waals surface area contributed by atoms with Gasteiger partial charge in [-0.25, -0.2) is 4.79 Å². The van der Waals surface area contributed by atoms with Gasteiger partial charge in [-0.15, -0.1) is 0 Å². The molecule has 0 bridgehead atoms. The Labute approximate surface area is 115 Å². The van der Waals surface area contributed by atoms with Crippen molar-refractivity contribution in [3.05, 3.63) is 58.7 Å². The number of rotatable bonds is 2. The molecule has 0 atom stereocenters. The second-order valence-corrected chi connectivity index (χ2v) is 4.37. The van der Waals surface area contributed by atoms with Crippen LogP contribution >= 0.6 is 11.6 Å². The maximum atomic E-state index is 11.7. The lowest BCUT2D eigenvalue weighted by Gasteiger charge is -2.03. The van der Waals surface area contributed by atoms with Crippen LogP contribution in [-0.2, 0) is 9.63 Å². The second kappa shape index (κ2) is 5.63. The van der Waals surface area contributed by atoms with E-state index >= 15 is 0 Å². The molecule has 0 aliphatic heterocycles. The van der Waals surface area contributed by atoms with E-state index in [1.807, 2.05) is 0 Å². The number of nitrogens with zero attached hydrogens (tertiary/aromatic N) is 1. The molecule has 0 radical (unpaired) electrons. The van der Waals surface area contributed by atoms with E-state index in [9.17, 15) is 9.59 Å². The van der Waals surface area contributed by atoms with Gasteiger partial charge in [0, 0.05) is 5.02 Å².